The number of nitrogens with one attached hydrogen (secondary N) is 1. The minimum absolute atomic E-state index is 0.0503. The van der Waals surface area contributed by atoms with Crippen LogP contribution in [-0.2, 0) is 4.79 Å². The van der Waals surface area contributed by atoms with Crippen molar-refractivity contribution in [3.8, 4) is 17.2 Å². The predicted octanol–water partition coefficient (Wildman–Crippen LogP) is 2.77. The lowest BCUT2D eigenvalue weighted by Crippen LogP contribution is -2.28. The number of phenolic OH excluding ortho intramolecular Hbond substituents is 3. The van der Waals surface area contributed by atoms with E-state index < -0.39 is 5.75 Å². The topological polar surface area (TPSA) is 89.8 Å². The van der Waals surface area contributed by atoms with Crippen LogP contribution in [-0.4, -0.2) is 27.8 Å². The van der Waals surface area contributed by atoms with E-state index in [2.05, 4.69) is 18.8 Å². The number of rotatable bonds is 7. The Balaban J connectivity index is 2.91. The monoisotopic (exact) mass is 293 g/mol. The van der Waals surface area contributed by atoms with Gasteiger partial charge in [-0.15, -0.1) is 0 Å². The van der Waals surface area contributed by atoms with E-state index >= 15 is 0 Å². The molecule has 1 rings (SSSR count). The third kappa shape index (κ3) is 4.70. The molecule has 4 N–H and O–H groups in total. The van der Waals surface area contributed by atoms with Gasteiger partial charge >= 0.3 is 0 Å². The molecular formula is C16H23NO4. The van der Waals surface area contributed by atoms with Gasteiger partial charge in [-0.3, -0.25) is 4.79 Å². The molecule has 0 spiro atoms. The lowest BCUT2D eigenvalue weighted by molar-refractivity contribution is -0.117. The van der Waals surface area contributed by atoms with Gasteiger partial charge in [-0.1, -0.05) is 26.3 Å². The molecule has 0 bridgehead atoms. The molecule has 0 fully saturated rings. The van der Waals surface area contributed by atoms with Crippen LogP contribution in [0.3, 0.4) is 0 Å². The van der Waals surface area contributed by atoms with Crippen molar-refractivity contribution in [2.75, 3.05) is 6.54 Å². The zero-order valence-electron chi connectivity index (χ0n) is 12.5. The SMILES string of the molecule is C=C(C)C(=O)NCC(CCCC)c1cc(O)c(O)c(O)c1. The van der Waals surface area contributed by atoms with Crippen molar-refractivity contribution >= 4 is 5.91 Å². The Morgan fingerprint density at radius 2 is 1.86 bits per heavy atom. The van der Waals surface area contributed by atoms with Crippen LogP contribution < -0.4 is 5.32 Å². The molecule has 21 heavy (non-hydrogen) atoms. The Morgan fingerprint density at radius 1 is 1.29 bits per heavy atom. The fourth-order valence-electron chi connectivity index (χ4n) is 2.06. The van der Waals surface area contributed by atoms with Crippen molar-refractivity contribution in [2.24, 2.45) is 0 Å². The van der Waals surface area contributed by atoms with Gasteiger partial charge < -0.3 is 20.6 Å². The summed E-state index contributed by atoms with van der Waals surface area (Å²) in [6.07, 6.45) is 2.76. The summed E-state index contributed by atoms with van der Waals surface area (Å²) in [6, 6.07) is 2.84. The summed E-state index contributed by atoms with van der Waals surface area (Å²) in [5.41, 5.74) is 1.11. The number of hydrogen-bond acceptors (Lipinski definition) is 4. The van der Waals surface area contributed by atoms with Crippen LogP contribution in [0.1, 0.15) is 44.6 Å². The Morgan fingerprint density at radius 3 is 2.33 bits per heavy atom. The molecule has 1 aromatic rings. The number of benzene rings is 1. The molecule has 0 heterocycles. The van der Waals surface area contributed by atoms with Gasteiger partial charge in [0, 0.05) is 18.0 Å². The largest absolute Gasteiger partial charge is 0.504 e. The highest BCUT2D eigenvalue weighted by molar-refractivity contribution is 5.92. The Labute approximate surface area is 124 Å². The Bertz CT molecular complexity index is 502. The summed E-state index contributed by atoms with van der Waals surface area (Å²) in [5.74, 6) is -1.52. The second kappa shape index (κ2) is 7.57. The zero-order valence-corrected chi connectivity index (χ0v) is 12.5. The molecule has 0 aliphatic carbocycles. The molecule has 5 nitrogen and oxygen atoms in total. The molecule has 5 heteroatoms. The quantitative estimate of drug-likeness (QED) is 0.459. The first-order chi connectivity index (χ1) is 9.86. The molecule has 0 aliphatic heterocycles. The van der Waals surface area contributed by atoms with E-state index in [1.54, 1.807) is 6.92 Å². The van der Waals surface area contributed by atoms with Gasteiger partial charge in [-0.2, -0.15) is 0 Å². The van der Waals surface area contributed by atoms with E-state index in [4.69, 9.17) is 0 Å². The summed E-state index contributed by atoms with van der Waals surface area (Å²) in [6.45, 7) is 7.67. The van der Waals surface area contributed by atoms with Gasteiger partial charge in [0.15, 0.2) is 17.2 Å². The van der Waals surface area contributed by atoms with E-state index in [-0.39, 0.29) is 23.3 Å². The molecule has 1 atom stereocenters. The first-order valence-corrected chi connectivity index (χ1v) is 7.05. The molecule has 1 amide bonds. The van der Waals surface area contributed by atoms with E-state index in [1.807, 2.05) is 0 Å². The second-order valence-corrected chi connectivity index (χ2v) is 5.24. The van der Waals surface area contributed by atoms with Crippen LogP contribution in [0.2, 0.25) is 0 Å². The normalized spacial score (nSPS) is 11.9. The molecule has 0 aromatic heterocycles. The predicted molar refractivity (Wildman–Crippen MR) is 81.5 cm³/mol. The first-order valence-electron chi connectivity index (χ1n) is 7.05. The van der Waals surface area contributed by atoms with Crippen LogP contribution in [0.5, 0.6) is 17.2 Å². The molecule has 0 aliphatic rings. The molecule has 1 unspecified atom stereocenters. The minimum Gasteiger partial charge on any atom is -0.504 e. The van der Waals surface area contributed by atoms with Crippen LogP contribution in [0, 0.1) is 0 Å². The van der Waals surface area contributed by atoms with Crippen molar-refractivity contribution in [3.63, 3.8) is 0 Å². The molecule has 116 valence electrons. The average molecular weight is 293 g/mol. The maximum atomic E-state index is 11.6. The third-order valence-corrected chi connectivity index (χ3v) is 3.37. The number of carbonyl (C=O) groups excluding carboxylic acids is 1. The van der Waals surface area contributed by atoms with Gasteiger partial charge in [-0.25, -0.2) is 0 Å². The maximum absolute atomic E-state index is 11.6. The second-order valence-electron chi connectivity index (χ2n) is 5.24. The van der Waals surface area contributed by atoms with E-state index in [0.29, 0.717) is 17.7 Å². The number of hydrogen-bond donors (Lipinski definition) is 4. The third-order valence-electron chi connectivity index (χ3n) is 3.37. The molecule has 0 saturated heterocycles. The fraction of sp³-hybridized carbons (Fsp3) is 0.438. The van der Waals surface area contributed by atoms with Crippen LogP contribution in [0.25, 0.3) is 0 Å². The lowest BCUT2D eigenvalue weighted by Gasteiger charge is -2.19. The van der Waals surface area contributed by atoms with Gasteiger partial charge in [0.05, 0.1) is 0 Å². The summed E-state index contributed by atoms with van der Waals surface area (Å²) >= 11 is 0. The summed E-state index contributed by atoms with van der Waals surface area (Å²) in [5, 5.41) is 31.4. The number of aromatic hydroxyl groups is 3. The molecule has 0 saturated carbocycles. The van der Waals surface area contributed by atoms with Gasteiger partial charge in [0.2, 0.25) is 5.91 Å². The number of carbonyl (C=O) groups is 1. The van der Waals surface area contributed by atoms with Gasteiger partial charge in [0.25, 0.3) is 0 Å². The van der Waals surface area contributed by atoms with Gasteiger partial charge in [0.1, 0.15) is 0 Å². The number of amides is 1. The van der Waals surface area contributed by atoms with Crippen molar-refractivity contribution in [2.45, 2.75) is 39.0 Å². The average Bonchev–Trinajstić information content (AvgIpc) is 2.43. The molecule has 0 radical (unpaired) electrons. The minimum atomic E-state index is -0.529. The van der Waals surface area contributed by atoms with Crippen molar-refractivity contribution < 1.29 is 20.1 Å². The zero-order chi connectivity index (χ0) is 16.0. The van der Waals surface area contributed by atoms with E-state index in [0.717, 1.165) is 19.3 Å². The van der Waals surface area contributed by atoms with Crippen LogP contribution >= 0.6 is 0 Å². The summed E-state index contributed by atoms with van der Waals surface area (Å²) in [4.78, 5) is 11.6. The Hall–Kier alpha value is -2.17. The first kappa shape index (κ1) is 16.9. The van der Waals surface area contributed by atoms with Crippen molar-refractivity contribution in [1.82, 2.24) is 5.32 Å². The standard InChI is InChI=1S/C16H23NO4/c1-4-5-6-11(9-17-16(21)10(2)3)12-7-13(18)15(20)14(19)8-12/h7-8,11,18-20H,2,4-6,9H2,1,3H3,(H,17,21). The summed E-state index contributed by atoms with van der Waals surface area (Å²) < 4.78 is 0. The smallest absolute Gasteiger partial charge is 0.246 e. The molecular weight excluding hydrogens is 270 g/mol. The molecule has 1 aromatic carbocycles. The lowest BCUT2D eigenvalue weighted by atomic mass is 9.92. The van der Waals surface area contributed by atoms with Crippen molar-refractivity contribution in [3.05, 3.63) is 29.8 Å². The highest BCUT2D eigenvalue weighted by Crippen LogP contribution is 2.38. The highest BCUT2D eigenvalue weighted by Gasteiger charge is 2.17. The van der Waals surface area contributed by atoms with Crippen molar-refractivity contribution in [1.29, 1.82) is 0 Å². The summed E-state index contributed by atoms with van der Waals surface area (Å²) in [7, 11) is 0. The van der Waals surface area contributed by atoms with E-state index in [1.165, 1.54) is 12.1 Å². The Kier molecular flexibility index (Phi) is 6.09. The van der Waals surface area contributed by atoms with Crippen LogP contribution in [0.4, 0.5) is 0 Å². The number of phenols is 3. The highest BCUT2D eigenvalue weighted by atomic mass is 16.3. The van der Waals surface area contributed by atoms with E-state index in [9.17, 15) is 20.1 Å². The maximum Gasteiger partial charge on any atom is 0.246 e. The fourth-order valence-corrected chi connectivity index (χ4v) is 2.06. The van der Waals surface area contributed by atoms with Crippen LogP contribution in [0.15, 0.2) is 24.3 Å². The number of unbranched alkanes of at least 4 members (excludes halogenated alkanes) is 1. The van der Waals surface area contributed by atoms with Gasteiger partial charge in [-0.05, 0) is 31.0 Å².